The van der Waals surface area contributed by atoms with Crippen molar-refractivity contribution in [3.8, 4) is 11.5 Å². The lowest BCUT2D eigenvalue weighted by Crippen LogP contribution is -2.28. The molecule has 0 bridgehead atoms. The zero-order valence-electron chi connectivity index (χ0n) is 18.8. The summed E-state index contributed by atoms with van der Waals surface area (Å²) in [5.41, 5.74) is 0.831. The molecular formula is C24H30N2O6S. The first-order chi connectivity index (χ1) is 16.0. The largest absolute Gasteiger partial charge is 0.492 e. The molecule has 2 heterocycles. The van der Waals surface area contributed by atoms with Crippen molar-refractivity contribution in [2.24, 2.45) is 0 Å². The zero-order valence-corrected chi connectivity index (χ0v) is 19.6. The van der Waals surface area contributed by atoms with Crippen LogP contribution >= 0.6 is 0 Å². The molecule has 0 unspecified atom stereocenters. The average Bonchev–Trinajstić information content (AvgIpc) is 3.54. The van der Waals surface area contributed by atoms with Crippen LogP contribution in [-0.4, -0.2) is 57.6 Å². The fourth-order valence-corrected chi connectivity index (χ4v) is 5.67. The van der Waals surface area contributed by atoms with Crippen molar-refractivity contribution < 1.29 is 27.4 Å². The smallest absolute Gasteiger partial charge is 0.255 e. The van der Waals surface area contributed by atoms with Gasteiger partial charge in [-0.25, -0.2) is 8.42 Å². The lowest BCUT2D eigenvalue weighted by atomic mass is 10.2. The first-order valence-electron chi connectivity index (χ1n) is 11.4. The Morgan fingerprint density at radius 1 is 1.09 bits per heavy atom. The Morgan fingerprint density at radius 2 is 1.85 bits per heavy atom. The highest BCUT2D eigenvalue weighted by atomic mass is 32.2. The van der Waals surface area contributed by atoms with Gasteiger partial charge in [0.1, 0.15) is 23.0 Å². The fraction of sp³-hybridized carbons (Fsp3) is 0.458. The molecule has 1 amide bonds. The standard InChI is InChI=1S/C24H30N2O6S/c1-2-30-22-12-9-19(16-23(22)33(28,29)26-13-3-4-14-26)25-24(27)18-7-10-20(11-8-18)32-17-21-6-5-15-31-21/h7-12,16,21H,2-6,13-15,17H2,1H3,(H,25,27)/t21-/m1/s1. The van der Waals surface area contributed by atoms with Gasteiger partial charge in [-0.15, -0.1) is 0 Å². The predicted octanol–water partition coefficient (Wildman–Crippen LogP) is 3.68. The van der Waals surface area contributed by atoms with Crippen LogP contribution in [0.25, 0.3) is 0 Å². The van der Waals surface area contributed by atoms with E-state index in [1.165, 1.54) is 10.4 Å². The Labute approximate surface area is 194 Å². The van der Waals surface area contributed by atoms with Gasteiger partial charge in [0.15, 0.2) is 0 Å². The van der Waals surface area contributed by atoms with Crippen molar-refractivity contribution in [1.29, 1.82) is 0 Å². The molecular weight excluding hydrogens is 444 g/mol. The number of carbonyl (C=O) groups is 1. The molecule has 2 fully saturated rings. The molecule has 0 aliphatic carbocycles. The molecule has 0 aromatic heterocycles. The summed E-state index contributed by atoms with van der Waals surface area (Å²) < 4.78 is 44.6. The molecule has 2 aromatic rings. The number of nitrogens with one attached hydrogen (secondary N) is 1. The summed E-state index contributed by atoms with van der Waals surface area (Å²) in [5, 5.41) is 2.79. The van der Waals surface area contributed by atoms with E-state index in [2.05, 4.69) is 5.32 Å². The van der Waals surface area contributed by atoms with Crippen molar-refractivity contribution >= 4 is 21.6 Å². The van der Waals surface area contributed by atoms with Crippen LogP contribution in [0.1, 0.15) is 43.0 Å². The number of rotatable bonds is 9. The fourth-order valence-electron chi connectivity index (χ4n) is 4.00. The van der Waals surface area contributed by atoms with Gasteiger partial charge in [-0.2, -0.15) is 4.31 Å². The molecule has 8 nitrogen and oxygen atoms in total. The molecule has 178 valence electrons. The van der Waals surface area contributed by atoms with Crippen LogP contribution < -0.4 is 14.8 Å². The predicted molar refractivity (Wildman–Crippen MR) is 124 cm³/mol. The number of hydrogen-bond donors (Lipinski definition) is 1. The molecule has 2 saturated heterocycles. The molecule has 4 rings (SSSR count). The molecule has 33 heavy (non-hydrogen) atoms. The third kappa shape index (κ3) is 5.66. The van der Waals surface area contributed by atoms with Crippen LogP contribution in [0.4, 0.5) is 5.69 Å². The Morgan fingerprint density at radius 3 is 2.52 bits per heavy atom. The normalized spacial score (nSPS) is 18.9. The van der Waals surface area contributed by atoms with Crippen LogP contribution in [-0.2, 0) is 14.8 Å². The van der Waals surface area contributed by atoms with Crippen LogP contribution in [0.15, 0.2) is 47.4 Å². The van der Waals surface area contributed by atoms with Crippen molar-refractivity contribution in [2.45, 2.75) is 43.6 Å². The Balaban J connectivity index is 1.46. The minimum Gasteiger partial charge on any atom is -0.492 e. The summed E-state index contributed by atoms with van der Waals surface area (Å²) in [5.74, 6) is 0.617. The van der Waals surface area contributed by atoms with Gasteiger partial charge in [-0.05, 0) is 75.1 Å². The number of amides is 1. The van der Waals surface area contributed by atoms with E-state index in [1.807, 2.05) is 0 Å². The second kappa shape index (κ2) is 10.5. The van der Waals surface area contributed by atoms with E-state index in [1.54, 1.807) is 43.3 Å². The van der Waals surface area contributed by atoms with Crippen LogP contribution in [0.5, 0.6) is 11.5 Å². The zero-order chi connectivity index (χ0) is 23.3. The highest BCUT2D eigenvalue weighted by Gasteiger charge is 2.30. The van der Waals surface area contributed by atoms with Crippen molar-refractivity contribution in [3.05, 3.63) is 48.0 Å². The van der Waals surface area contributed by atoms with E-state index in [-0.39, 0.29) is 22.7 Å². The molecule has 0 radical (unpaired) electrons. The number of anilines is 1. The molecule has 2 aromatic carbocycles. The molecule has 9 heteroatoms. The lowest BCUT2D eigenvalue weighted by Gasteiger charge is -2.19. The number of nitrogens with zero attached hydrogens (tertiary/aromatic N) is 1. The number of ether oxygens (including phenoxy) is 3. The summed E-state index contributed by atoms with van der Waals surface area (Å²) >= 11 is 0. The van der Waals surface area contributed by atoms with Crippen molar-refractivity contribution in [3.63, 3.8) is 0 Å². The average molecular weight is 475 g/mol. The number of benzene rings is 2. The van der Waals surface area contributed by atoms with Crippen molar-refractivity contribution in [2.75, 3.05) is 38.2 Å². The summed E-state index contributed by atoms with van der Waals surface area (Å²) in [6.45, 7) is 4.40. The minimum absolute atomic E-state index is 0.0712. The number of carbonyl (C=O) groups excluding carboxylic acids is 1. The van der Waals surface area contributed by atoms with E-state index < -0.39 is 10.0 Å². The topological polar surface area (TPSA) is 94.2 Å². The van der Waals surface area contributed by atoms with E-state index in [0.717, 1.165) is 32.3 Å². The summed E-state index contributed by atoms with van der Waals surface area (Å²) in [7, 11) is -3.70. The third-order valence-corrected chi connectivity index (χ3v) is 7.68. The quantitative estimate of drug-likeness (QED) is 0.596. The highest BCUT2D eigenvalue weighted by Crippen LogP contribution is 2.32. The van der Waals surface area contributed by atoms with Gasteiger partial charge in [-0.3, -0.25) is 4.79 Å². The monoisotopic (exact) mass is 474 g/mol. The van der Waals surface area contributed by atoms with E-state index in [0.29, 0.717) is 43.3 Å². The van der Waals surface area contributed by atoms with E-state index in [9.17, 15) is 13.2 Å². The summed E-state index contributed by atoms with van der Waals surface area (Å²) in [6.07, 6.45) is 3.86. The van der Waals surface area contributed by atoms with Gasteiger partial charge in [-0.1, -0.05) is 0 Å². The Bertz CT molecular complexity index is 1060. The Hall–Kier alpha value is -2.62. The van der Waals surface area contributed by atoms with Gasteiger partial charge in [0.05, 0.1) is 12.7 Å². The third-order valence-electron chi connectivity index (χ3n) is 5.76. The maximum Gasteiger partial charge on any atom is 0.255 e. The van der Waals surface area contributed by atoms with Gasteiger partial charge in [0.25, 0.3) is 5.91 Å². The summed E-state index contributed by atoms with van der Waals surface area (Å²) in [6, 6.07) is 11.5. The molecule has 1 atom stereocenters. The first kappa shape index (κ1) is 23.5. The first-order valence-corrected chi connectivity index (χ1v) is 12.8. The van der Waals surface area contributed by atoms with Crippen LogP contribution in [0.2, 0.25) is 0 Å². The molecule has 2 aliphatic rings. The minimum atomic E-state index is -3.70. The number of sulfonamides is 1. The Kier molecular flexibility index (Phi) is 7.52. The highest BCUT2D eigenvalue weighted by molar-refractivity contribution is 7.89. The van der Waals surface area contributed by atoms with Crippen LogP contribution in [0, 0.1) is 0 Å². The van der Waals surface area contributed by atoms with Gasteiger partial charge in [0, 0.05) is 30.9 Å². The molecule has 0 saturated carbocycles. The maximum absolute atomic E-state index is 13.1. The van der Waals surface area contributed by atoms with Crippen LogP contribution in [0.3, 0.4) is 0 Å². The molecule has 2 aliphatic heterocycles. The molecule has 0 spiro atoms. The SMILES string of the molecule is CCOc1ccc(NC(=O)c2ccc(OC[C@H]3CCCO3)cc2)cc1S(=O)(=O)N1CCCC1. The van der Waals surface area contributed by atoms with E-state index in [4.69, 9.17) is 14.2 Å². The second-order valence-corrected chi connectivity index (χ2v) is 10.0. The lowest BCUT2D eigenvalue weighted by molar-refractivity contribution is 0.0679. The molecule has 1 N–H and O–H groups in total. The van der Waals surface area contributed by atoms with E-state index >= 15 is 0 Å². The van der Waals surface area contributed by atoms with Gasteiger partial charge in [0.2, 0.25) is 10.0 Å². The summed E-state index contributed by atoms with van der Waals surface area (Å²) in [4.78, 5) is 12.8. The maximum atomic E-state index is 13.1. The van der Waals surface area contributed by atoms with Gasteiger partial charge < -0.3 is 19.5 Å². The number of hydrogen-bond acceptors (Lipinski definition) is 6. The van der Waals surface area contributed by atoms with Crippen molar-refractivity contribution in [1.82, 2.24) is 4.31 Å². The second-order valence-electron chi connectivity index (χ2n) is 8.13. The van der Waals surface area contributed by atoms with Gasteiger partial charge >= 0.3 is 0 Å².